The molecular weight excluding hydrogens is 188 g/mol. The van der Waals surface area contributed by atoms with Gasteiger partial charge in [-0.3, -0.25) is 0 Å². The first kappa shape index (κ1) is 11.4. The number of likely N-dealkylation sites (tertiary alicyclic amines) is 1. The highest BCUT2D eigenvalue weighted by Gasteiger charge is 2.30. The van der Waals surface area contributed by atoms with Crippen LogP contribution in [0, 0.1) is 0 Å². The minimum atomic E-state index is 0.291. The zero-order valence-electron chi connectivity index (χ0n) is 9.86. The van der Waals surface area contributed by atoms with E-state index in [1.165, 1.54) is 45.2 Å². The summed E-state index contributed by atoms with van der Waals surface area (Å²) in [5, 5.41) is 8.94. The molecule has 2 fully saturated rings. The lowest BCUT2D eigenvalue weighted by Gasteiger charge is -2.26. The third-order valence-corrected chi connectivity index (χ3v) is 3.87. The maximum absolute atomic E-state index is 8.94. The summed E-state index contributed by atoms with van der Waals surface area (Å²) in [6.45, 7) is 3.69. The molecule has 2 rings (SSSR count). The molecule has 1 N–H and O–H groups in total. The average Bonchev–Trinajstić information content (AvgIpc) is 3.04. The van der Waals surface area contributed by atoms with Gasteiger partial charge >= 0.3 is 0 Å². The van der Waals surface area contributed by atoms with Crippen molar-refractivity contribution < 1.29 is 5.11 Å². The van der Waals surface area contributed by atoms with E-state index in [9.17, 15) is 0 Å². The van der Waals surface area contributed by atoms with Gasteiger partial charge in [-0.2, -0.15) is 0 Å². The fourth-order valence-electron chi connectivity index (χ4n) is 2.69. The Bertz CT molecular complexity index is 194. The van der Waals surface area contributed by atoms with Gasteiger partial charge in [-0.05, 0) is 52.2 Å². The third-order valence-electron chi connectivity index (χ3n) is 3.87. The maximum Gasteiger partial charge on any atom is 0.0558 e. The first-order valence-electron chi connectivity index (χ1n) is 6.36. The van der Waals surface area contributed by atoms with Gasteiger partial charge in [0.05, 0.1) is 6.61 Å². The lowest BCUT2D eigenvalue weighted by Crippen LogP contribution is -2.35. The summed E-state index contributed by atoms with van der Waals surface area (Å²) in [6.07, 6.45) is 6.78. The number of hydrogen-bond acceptors (Lipinski definition) is 3. The van der Waals surface area contributed by atoms with Crippen LogP contribution in [-0.4, -0.2) is 60.3 Å². The number of hydrogen-bond donors (Lipinski definition) is 1. The van der Waals surface area contributed by atoms with Crippen molar-refractivity contribution in [3.8, 4) is 0 Å². The molecule has 88 valence electrons. The van der Waals surface area contributed by atoms with Crippen molar-refractivity contribution in [2.75, 3.05) is 33.3 Å². The molecule has 0 radical (unpaired) electrons. The molecule has 0 aromatic carbocycles. The summed E-state index contributed by atoms with van der Waals surface area (Å²) >= 11 is 0. The second kappa shape index (κ2) is 5.28. The second-order valence-electron chi connectivity index (χ2n) is 5.06. The number of aliphatic hydroxyl groups excluding tert-OH is 1. The summed E-state index contributed by atoms with van der Waals surface area (Å²) in [6, 6.07) is 1.62. The van der Waals surface area contributed by atoms with Crippen molar-refractivity contribution in [2.45, 2.75) is 44.2 Å². The molecule has 0 aromatic rings. The van der Waals surface area contributed by atoms with Crippen LogP contribution in [0.4, 0.5) is 0 Å². The molecule has 1 unspecified atom stereocenters. The van der Waals surface area contributed by atoms with E-state index in [0.29, 0.717) is 12.6 Å². The largest absolute Gasteiger partial charge is 0.395 e. The highest BCUT2D eigenvalue weighted by molar-refractivity contribution is 4.87. The molecule has 1 saturated heterocycles. The van der Waals surface area contributed by atoms with Crippen LogP contribution >= 0.6 is 0 Å². The Balaban J connectivity index is 1.78. The van der Waals surface area contributed by atoms with E-state index >= 15 is 0 Å². The molecule has 1 saturated carbocycles. The molecule has 0 spiro atoms. The van der Waals surface area contributed by atoms with Crippen LogP contribution in [0.25, 0.3) is 0 Å². The van der Waals surface area contributed by atoms with Crippen molar-refractivity contribution in [2.24, 2.45) is 0 Å². The molecule has 1 heterocycles. The summed E-state index contributed by atoms with van der Waals surface area (Å²) in [4.78, 5) is 5.00. The molecule has 1 atom stereocenters. The SMILES string of the molecule is CN(CCO)C1CCCN(C2CC2)CC1. The van der Waals surface area contributed by atoms with E-state index in [1.54, 1.807) is 0 Å². The fourth-order valence-corrected chi connectivity index (χ4v) is 2.69. The quantitative estimate of drug-likeness (QED) is 0.751. The number of aliphatic hydroxyl groups is 1. The van der Waals surface area contributed by atoms with Crippen LogP contribution in [0.5, 0.6) is 0 Å². The van der Waals surface area contributed by atoms with Gasteiger partial charge in [-0.15, -0.1) is 0 Å². The first-order chi connectivity index (χ1) is 7.31. The summed E-state index contributed by atoms with van der Waals surface area (Å²) in [5.41, 5.74) is 0. The van der Waals surface area contributed by atoms with Crippen molar-refractivity contribution in [3.63, 3.8) is 0 Å². The van der Waals surface area contributed by atoms with Gasteiger partial charge in [0.25, 0.3) is 0 Å². The Morgan fingerprint density at radius 1 is 1.20 bits per heavy atom. The van der Waals surface area contributed by atoms with E-state index in [-0.39, 0.29) is 0 Å². The van der Waals surface area contributed by atoms with Crippen LogP contribution in [0.3, 0.4) is 0 Å². The molecule has 2 aliphatic rings. The van der Waals surface area contributed by atoms with E-state index < -0.39 is 0 Å². The van der Waals surface area contributed by atoms with Gasteiger partial charge in [0, 0.05) is 18.6 Å². The second-order valence-corrected chi connectivity index (χ2v) is 5.06. The van der Waals surface area contributed by atoms with E-state index in [0.717, 1.165) is 12.6 Å². The van der Waals surface area contributed by atoms with Crippen LogP contribution in [0.1, 0.15) is 32.1 Å². The first-order valence-corrected chi connectivity index (χ1v) is 6.36. The maximum atomic E-state index is 8.94. The third kappa shape index (κ3) is 3.16. The standard InChI is InChI=1S/C12H24N2O/c1-13(9-10-15)11-3-2-7-14(8-6-11)12-4-5-12/h11-12,15H,2-10H2,1H3. The Kier molecular flexibility index (Phi) is 4.00. The molecule has 1 aliphatic heterocycles. The Labute approximate surface area is 93.1 Å². The molecule has 1 aliphatic carbocycles. The van der Waals surface area contributed by atoms with Gasteiger partial charge in [-0.25, -0.2) is 0 Å². The monoisotopic (exact) mass is 212 g/mol. The fraction of sp³-hybridized carbons (Fsp3) is 1.00. The zero-order valence-corrected chi connectivity index (χ0v) is 9.86. The van der Waals surface area contributed by atoms with Crippen molar-refractivity contribution in [3.05, 3.63) is 0 Å². The average molecular weight is 212 g/mol. The Morgan fingerprint density at radius 2 is 2.00 bits per heavy atom. The van der Waals surface area contributed by atoms with E-state index in [4.69, 9.17) is 5.11 Å². The van der Waals surface area contributed by atoms with Gasteiger partial charge in [-0.1, -0.05) is 0 Å². The topological polar surface area (TPSA) is 26.7 Å². The molecule has 3 heteroatoms. The Hall–Kier alpha value is -0.120. The summed E-state index contributed by atoms with van der Waals surface area (Å²) in [7, 11) is 2.15. The number of nitrogens with zero attached hydrogens (tertiary/aromatic N) is 2. The predicted octanol–water partition coefficient (Wildman–Crippen LogP) is 0.927. The minimum Gasteiger partial charge on any atom is -0.395 e. The van der Waals surface area contributed by atoms with Gasteiger partial charge < -0.3 is 14.9 Å². The molecule has 3 nitrogen and oxygen atoms in total. The van der Waals surface area contributed by atoms with Gasteiger partial charge in [0.1, 0.15) is 0 Å². The van der Waals surface area contributed by atoms with Crippen LogP contribution in [-0.2, 0) is 0 Å². The van der Waals surface area contributed by atoms with Crippen molar-refractivity contribution in [1.82, 2.24) is 9.80 Å². The molecule has 0 bridgehead atoms. The molecule has 0 amide bonds. The summed E-state index contributed by atoms with van der Waals surface area (Å²) < 4.78 is 0. The number of likely N-dealkylation sites (N-methyl/N-ethyl adjacent to an activating group) is 1. The highest BCUT2D eigenvalue weighted by Crippen LogP contribution is 2.29. The van der Waals surface area contributed by atoms with Crippen molar-refractivity contribution >= 4 is 0 Å². The van der Waals surface area contributed by atoms with Crippen LogP contribution in [0.2, 0.25) is 0 Å². The highest BCUT2D eigenvalue weighted by atomic mass is 16.3. The predicted molar refractivity (Wildman–Crippen MR) is 61.9 cm³/mol. The van der Waals surface area contributed by atoms with Crippen molar-refractivity contribution in [1.29, 1.82) is 0 Å². The van der Waals surface area contributed by atoms with Crippen LogP contribution in [0.15, 0.2) is 0 Å². The molecular formula is C12H24N2O. The van der Waals surface area contributed by atoms with Gasteiger partial charge in [0.2, 0.25) is 0 Å². The molecule has 15 heavy (non-hydrogen) atoms. The Morgan fingerprint density at radius 3 is 2.67 bits per heavy atom. The van der Waals surface area contributed by atoms with E-state index in [1.807, 2.05) is 0 Å². The number of rotatable bonds is 4. The van der Waals surface area contributed by atoms with Gasteiger partial charge in [0.15, 0.2) is 0 Å². The lowest BCUT2D eigenvalue weighted by molar-refractivity contribution is 0.167. The van der Waals surface area contributed by atoms with E-state index in [2.05, 4.69) is 16.8 Å². The van der Waals surface area contributed by atoms with Crippen LogP contribution < -0.4 is 0 Å². The normalized spacial score (nSPS) is 29.4. The zero-order chi connectivity index (χ0) is 10.7. The lowest BCUT2D eigenvalue weighted by atomic mass is 10.1. The molecule has 0 aromatic heterocycles. The minimum absolute atomic E-state index is 0.291. The smallest absolute Gasteiger partial charge is 0.0558 e. The summed E-state index contributed by atoms with van der Waals surface area (Å²) in [5.74, 6) is 0.